The van der Waals surface area contributed by atoms with Gasteiger partial charge in [-0.25, -0.2) is 8.42 Å². The monoisotopic (exact) mass is 306 g/mol. The lowest BCUT2D eigenvalue weighted by molar-refractivity contribution is 0.482. The van der Waals surface area contributed by atoms with E-state index < -0.39 is 9.05 Å². The van der Waals surface area contributed by atoms with Gasteiger partial charge >= 0.3 is 0 Å². The number of hydrogen-bond acceptors (Lipinski definition) is 3. The summed E-state index contributed by atoms with van der Waals surface area (Å²) < 4.78 is 29.0. The molecule has 5 heteroatoms. The Hall–Kier alpha value is -1.78. The molecule has 0 bridgehead atoms. The van der Waals surface area contributed by atoms with Gasteiger partial charge in [0.1, 0.15) is 10.7 Å². The smallest absolute Gasteiger partial charge is 0.265 e. The molecule has 1 aliphatic heterocycles. The second-order valence-electron chi connectivity index (χ2n) is 4.42. The third kappa shape index (κ3) is 2.44. The molecule has 0 fully saturated rings. The lowest BCUT2D eigenvalue weighted by atomic mass is 10.1. The van der Waals surface area contributed by atoms with E-state index in [0.29, 0.717) is 17.9 Å². The number of benzene rings is 2. The molecule has 3 rings (SSSR count). The maximum absolute atomic E-state index is 11.6. The summed E-state index contributed by atoms with van der Waals surface area (Å²) in [7, 11) is 1.63. The van der Waals surface area contributed by atoms with Crippen LogP contribution in [0.5, 0.6) is 5.75 Å². The SMILES string of the molecule is O=S(=O)(Cl)c1cccc2c1OC(c1ccccc1)=CC2. The van der Waals surface area contributed by atoms with Crippen LogP contribution in [-0.4, -0.2) is 8.42 Å². The van der Waals surface area contributed by atoms with Gasteiger partial charge in [0.05, 0.1) is 0 Å². The van der Waals surface area contributed by atoms with Crippen LogP contribution in [0.2, 0.25) is 0 Å². The van der Waals surface area contributed by atoms with Crippen LogP contribution in [-0.2, 0) is 15.5 Å². The zero-order valence-electron chi connectivity index (χ0n) is 10.4. The third-order valence-corrected chi connectivity index (χ3v) is 4.45. The summed E-state index contributed by atoms with van der Waals surface area (Å²) in [6.45, 7) is 0. The van der Waals surface area contributed by atoms with Crippen LogP contribution >= 0.6 is 10.7 Å². The van der Waals surface area contributed by atoms with Gasteiger partial charge in [-0.2, -0.15) is 0 Å². The average Bonchev–Trinajstić information content (AvgIpc) is 2.46. The minimum absolute atomic E-state index is 0.0122. The molecule has 0 saturated carbocycles. The lowest BCUT2D eigenvalue weighted by Gasteiger charge is -2.20. The summed E-state index contributed by atoms with van der Waals surface area (Å²) in [5.41, 5.74) is 1.71. The van der Waals surface area contributed by atoms with E-state index >= 15 is 0 Å². The fourth-order valence-electron chi connectivity index (χ4n) is 2.16. The molecule has 20 heavy (non-hydrogen) atoms. The lowest BCUT2D eigenvalue weighted by Crippen LogP contribution is -2.07. The molecule has 0 saturated heterocycles. The highest BCUT2D eigenvalue weighted by molar-refractivity contribution is 8.13. The van der Waals surface area contributed by atoms with E-state index in [4.69, 9.17) is 15.4 Å². The zero-order chi connectivity index (χ0) is 14.2. The van der Waals surface area contributed by atoms with Crippen molar-refractivity contribution in [3.05, 3.63) is 65.7 Å². The Morgan fingerprint density at radius 1 is 1.00 bits per heavy atom. The number of hydrogen-bond donors (Lipinski definition) is 0. The fourth-order valence-corrected chi connectivity index (χ4v) is 3.16. The van der Waals surface area contributed by atoms with Crippen molar-refractivity contribution in [2.45, 2.75) is 11.3 Å². The highest BCUT2D eigenvalue weighted by Crippen LogP contribution is 2.37. The summed E-state index contributed by atoms with van der Waals surface area (Å²) >= 11 is 0. The quantitative estimate of drug-likeness (QED) is 0.796. The van der Waals surface area contributed by atoms with Gasteiger partial charge in [0, 0.05) is 21.8 Å². The Bertz CT molecular complexity index is 780. The Labute approximate surface area is 121 Å². The Morgan fingerprint density at radius 2 is 1.75 bits per heavy atom. The molecule has 1 heterocycles. The molecule has 2 aromatic rings. The minimum atomic E-state index is -3.83. The third-order valence-electron chi connectivity index (χ3n) is 3.10. The molecule has 3 nitrogen and oxygen atoms in total. The predicted octanol–water partition coefficient (Wildman–Crippen LogP) is 3.59. The van der Waals surface area contributed by atoms with Gasteiger partial charge in [0.15, 0.2) is 5.75 Å². The van der Waals surface area contributed by atoms with E-state index in [9.17, 15) is 8.42 Å². The van der Waals surface area contributed by atoms with E-state index in [-0.39, 0.29) is 4.90 Å². The number of halogens is 1. The molecule has 2 aromatic carbocycles. The van der Waals surface area contributed by atoms with Crippen LogP contribution in [0.25, 0.3) is 5.76 Å². The summed E-state index contributed by atoms with van der Waals surface area (Å²) in [5, 5.41) is 0. The Balaban J connectivity index is 2.07. The molecule has 0 radical (unpaired) electrons. The topological polar surface area (TPSA) is 43.4 Å². The molecule has 102 valence electrons. The number of fused-ring (bicyclic) bond motifs is 1. The van der Waals surface area contributed by atoms with Crippen LogP contribution in [0.4, 0.5) is 0 Å². The highest BCUT2D eigenvalue weighted by atomic mass is 35.7. The zero-order valence-corrected chi connectivity index (χ0v) is 12.0. The van der Waals surface area contributed by atoms with Gasteiger partial charge in [-0.3, -0.25) is 0 Å². The molecule has 0 aromatic heterocycles. The molecule has 0 N–H and O–H groups in total. The molecular weight excluding hydrogens is 296 g/mol. The van der Waals surface area contributed by atoms with Crippen molar-refractivity contribution in [2.75, 3.05) is 0 Å². The van der Waals surface area contributed by atoms with Gasteiger partial charge in [-0.1, -0.05) is 42.5 Å². The van der Waals surface area contributed by atoms with Crippen LogP contribution in [0.1, 0.15) is 11.1 Å². The van der Waals surface area contributed by atoms with Crippen LogP contribution in [0, 0.1) is 0 Å². The van der Waals surface area contributed by atoms with E-state index in [1.165, 1.54) is 6.07 Å². The van der Waals surface area contributed by atoms with Crippen molar-refractivity contribution in [2.24, 2.45) is 0 Å². The highest BCUT2D eigenvalue weighted by Gasteiger charge is 2.23. The first-order valence-corrected chi connectivity index (χ1v) is 8.36. The second kappa shape index (κ2) is 4.96. The molecule has 0 spiro atoms. The van der Waals surface area contributed by atoms with Gasteiger partial charge in [0.2, 0.25) is 0 Å². The van der Waals surface area contributed by atoms with Gasteiger partial charge in [0.25, 0.3) is 9.05 Å². The second-order valence-corrected chi connectivity index (χ2v) is 6.96. The van der Waals surface area contributed by atoms with E-state index in [1.807, 2.05) is 42.5 Å². The molecule has 0 unspecified atom stereocenters. The summed E-state index contributed by atoms with van der Waals surface area (Å²) in [5.74, 6) is 0.967. The van der Waals surface area contributed by atoms with Crippen LogP contribution in [0.3, 0.4) is 0 Å². The van der Waals surface area contributed by atoms with E-state index in [0.717, 1.165) is 11.1 Å². The molecular formula is C15H11ClO3S. The molecule has 1 aliphatic rings. The van der Waals surface area contributed by atoms with Gasteiger partial charge in [-0.15, -0.1) is 0 Å². The molecule has 0 amide bonds. The van der Waals surface area contributed by atoms with Crippen molar-refractivity contribution >= 4 is 25.5 Å². The minimum Gasteiger partial charge on any atom is -0.455 e. The predicted molar refractivity (Wildman–Crippen MR) is 78.2 cm³/mol. The first kappa shape index (κ1) is 13.2. The maximum Gasteiger partial charge on any atom is 0.265 e. The van der Waals surface area contributed by atoms with Crippen molar-refractivity contribution in [1.82, 2.24) is 0 Å². The number of para-hydroxylation sites is 1. The van der Waals surface area contributed by atoms with Crippen molar-refractivity contribution in [1.29, 1.82) is 0 Å². The number of ether oxygens (including phenoxy) is 1. The largest absolute Gasteiger partial charge is 0.455 e. The standard InChI is InChI=1S/C15H11ClO3S/c16-20(17,18)14-8-4-7-12-9-10-13(19-15(12)14)11-5-2-1-3-6-11/h1-8,10H,9H2. The number of rotatable bonds is 2. The fraction of sp³-hybridized carbons (Fsp3) is 0.0667. The van der Waals surface area contributed by atoms with E-state index in [1.54, 1.807) is 6.07 Å². The van der Waals surface area contributed by atoms with Crippen LogP contribution < -0.4 is 4.74 Å². The van der Waals surface area contributed by atoms with Gasteiger partial charge < -0.3 is 4.74 Å². The average molecular weight is 307 g/mol. The number of allylic oxidation sites excluding steroid dienone is 1. The van der Waals surface area contributed by atoms with E-state index in [2.05, 4.69) is 0 Å². The van der Waals surface area contributed by atoms with Crippen LogP contribution in [0.15, 0.2) is 59.5 Å². The normalized spacial score (nSPS) is 14.2. The Kier molecular flexibility index (Phi) is 3.28. The first-order valence-electron chi connectivity index (χ1n) is 6.06. The molecule has 0 atom stereocenters. The first-order chi connectivity index (χ1) is 9.55. The summed E-state index contributed by atoms with van der Waals surface area (Å²) in [4.78, 5) is 0.0122. The Morgan fingerprint density at radius 3 is 2.45 bits per heavy atom. The summed E-state index contributed by atoms with van der Waals surface area (Å²) in [6.07, 6.45) is 2.54. The van der Waals surface area contributed by atoms with Gasteiger partial charge in [-0.05, 0) is 18.6 Å². The van der Waals surface area contributed by atoms with Crippen molar-refractivity contribution in [3.63, 3.8) is 0 Å². The van der Waals surface area contributed by atoms with Crippen molar-refractivity contribution in [3.8, 4) is 5.75 Å². The summed E-state index contributed by atoms with van der Waals surface area (Å²) in [6, 6.07) is 14.5. The maximum atomic E-state index is 11.6. The van der Waals surface area contributed by atoms with Crippen molar-refractivity contribution < 1.29 is 13.2 Å². The molecule has 0 aliphatic carbocycles.